The van der Waals surface area contributed by atoms with Crippen molar-refractivity contribution in [2.75, 3.05) is 20.2 Å². The van der Waals surface area contributed by atoms with Crippen LogP contribution < -0.4 is 34.0 Å². The molecule has 0 radical (unpaired) electrons. The lowest BCUT2D eigenvalue weighted by Crippen LogP contribution is -2.75. The highest BCUT2D eigenvalue weighted by Crippen LogP contribution is 2.37. The van der Waals surface area contributed by atoms with Gasteiger partial charge in [-0.25, -0.2) is 4.79 Å². The fourth-order valence-electron chi connectivity index (χ4n) is 5.90. The molecule has 3 aliphatic rings. The third kappa shape index (κ3) is 7.73. The highest BCUT2D eigenvalue weighted by Gasteiger charge is 2.59. The molecular weight excluding hydrogens is 588 g/mol. The van der Waals surface area contributed by atoms with Crippen molar-refractivity contribution in [3.05, 3.63) is 11.8 Å². The number of hydrogen-bond donors (Lipinski definition) is 12. The molecule has 0 amide bonds. The van der Waals surface area contributed by atoms with Crippen LogP contribution in [0.25, 0.3) is 0 Å². The Bertz CT molecular complexity index is 1040. The monoisotopic (exact) mass is 636 g/mol. The van der Waals surface area contributed by atoms with E-state index in [9.17, 15) is 35.1 Å². The first-order chi connectivity index (χ1) is 20.5. The topological polar surface area (TPSA) is 335 Å². The van der Waals surface area contributed by atoms with Gasteiger partial charge in [-0.1, -0.05) is 0 Å². The average molecular weight is 637 g/mol. The maximum Gasteiger partial charge on any atom is 0.332 e. The number of Topliss-reactive ketones (excluding diaryl/α,β-unsaturated/α-hetero) is 1. The molecule has 2 heterocycles. The molecule has 0 bridgehead atoms. The van der Waals surface area contributed by atoms with Gasteiger partial charge in [0.05, 0.1) is 24.7 Å². The second-order valence-electron chi connectivity index (χ2n) is 12.0. The molecule has 2 fully saturated rings. The zero-order chi connectivity index (χ0) is 33.1. The number of carbonyl (C=O) groups is 2. The van der Waals surface area contributed by atoms with Crippen LogP contribution >= 0.6 is 0 Å². The highest BCUT2D eigenvalue weighted by atomic mass is 16.7. The molecular formula is C26H48N6O12. The first-order valence-corrected chi connectivity index (χ1v) is 14.4. The summed E-state index contributed by atoms with van der Waals surface area (Å²) in [5.41, 5.74) is 27.1. The standard InChI is InChI=1S/C26H48N6O12/c1-25(40)9-41-24(17(36)19(25)32-2)44-21-16(35)18(12(30)8-26(21,31)20(37)13(33)5-6-27)43-23-10(28)3-4-15(42-23)11(29)7-14(34)22(38)39/h4,10-14,16-19,21,23-24,32-36,40H,3,5-9,27-31H2,1-2H3,(H,38,39)/t10-,11+,12+,13+,14+,16+,17-,18-,19-,21-,23-,24-,25+,26+/m1/s1. The lowest BCUT2D eigenvalue weighted by atomic mass is 9.70. The Balaban J connectivity index is 1.88. The van der Waals surface area contributed by atoms with E-state index in [1.54, 1.807) is 0 Å². The Morgan fingerprint density at radius 3 is 2.39 bits per heavy atom. The average Bonchev–Trinajstić information content (AvgIpc) is 2.94. The predicted molar refractivity (Wildman–Crippen MR) is 151 cm³/mol. The van der Waals surface area contributed by atoms with Crippen molar-refractivity contribution in [3.63, 3.8) is 0 Å². The molecule has 1 aliphatic carbocycles. The molecule has 0 aromatic heterocycles. The minimum atomic E-state index is -2.11. The Morgan fingerprint density at radius 2 is 1.80 bits per heavy atom. The van der Waals surface area contributed by atoms with Crippen LogP contribution in [0.15, 0.2) is 11.8 Å². The van der Waals surface area contributed by atoms with E-state index >= 15 is 0 Å². The van der Waals surface area contributed by atoms with Crippen LogP contribution in [0, 0.1) is 0 Å². The number of ketones is 1. The van der Waals surface area contributed by atoms with E-state index in [4.69, 9.17) is 52.7 Å². The number of hydrogen-bond acceptors (Lipinski definition) is 17. The fourth-order valence-corrected chi connectivity index (χ4v) is 5.90. The molecule has 44 heavy (non-hydrogen) atoms. The lowest BCUT2D eigenvalue weighted by molar-refractivity contribution is -0.308. The van der Waals surface area contributed by atoms with Crippen LogP contribution in [0.3, 0.4) is 0 Å². The van der Waals surface area contributed by atoms with Gasteiger partial charge in [0.15, 0.2) is 18.2 Å². The number of carboxylic acids is 1. The SMILES string of the molecule is CN[C@@H]1[C@@H](O)[C@@H](O[C@@H]2[C@@H](O)[C@H](O[C@H]3OC([C@@H](N)C[C@H](O)C(=O)O)=CC[C@H]3N)[C@@H](N)C[C@]2(N)C(=O)[C@@H](O)CCN)OC[C@]1(C)O. The van der Waals surface area contributed by atoms with Gasteiger partial charge in [-0.3, -0.25) is 4.79 Å². The summed E-state index contributed by atoms with van der Waals surface area (Å²) in [6.07, 6.45) is -11.6. The van der Waals surface area contributed by atoms with Gasteiger partial charge in [0.1, 0.15) is 47.4 Å². The van der Waals surface area contributed by atoms with E-state index in [1.165, 1.54) is 20.0 Å². The molecule has 1 saturated heterocycles. The van der Waals surface area contributed by atoms with E-state index in [0.717, 1.165) is 0 Å². The summed E-state index contributed by atoms with van der Waals surface area (Å²) in [7, 11) is 1.51. The first kappa shape index (κ1) is 36.6. The zero-order valence-corrected chi connectivity index (χ0v) is 24.8. The summed E-state index contributed by atoms with van der Waals surface area (Å²) in [4.78, 5) is 24.5. The van der Waals surface area contributed by atoms with Gasteiger partial charge in [0, 0.05) is 12.5 Å². The molecule has 17 N–H and O–H groups in total. The van der Waals surface area contributed by atoms with Crippen molar-refractivity contribution in [1.82, 2.24) is 5.32 Å². The smallest absolute Gasteiger partial charge is 0.332 e. The van der Waals surface area contributed by atoms with Gasteiger partial charge < -0.3 is 83.6 Å². The third-order valence-corrected chi connectivity index (χ3v) is 8.39. The number of nitrogens with two attached hydrogens (primary N) is 5. The minimum absolute atomic E-state index is 0.0450. The van der Waals surface area contributed by atoms with Crippen molar-refractivity contribution in [2.45, 2.75) is 117 Å². The third-order valence-electron chi connectivity index (χ3n) is 8.39. The number of nitrogens with one attached hydrogen (secondary N) is 1. The van der Waals surface area contributed by atoms with Crippen LogP contribution in [0.4, 0.5) is 0 Å². The quantitative estimate of drug-likeness (QED) is 0.0894. The number of carboxylic acid groups (broad SMARTS) is 1. The van der Waals surface area contributed by atoms with Crippen LogP contribution in [-0.4, -0.2) is 147 Å². The molecule has 1 saturated carbocycles. The fraction of sp³-hybridized carbons (Fsp3) is 0.846. The van der Waals surface area contributed by atoms with Crippen LogP contribution in [0.1, 0.15) is 32.6 Å². The summed E-state index contributed by atoms with van der Waals surface area (Å²) in [6.45, 7) is 1.10. The number of aliphatic carboxylic acids is 1. The maximum atomic E-state index is 13.5. The Morgan fingerprint density at radius 1 is 1.14 bits per heavy atom. The zero-order valence-electron chi connectivity index (χ0n) is 24.8. The van der Waals surface area contributed by atoms with Gasteiger partial charge in [-0.2, -0.15) is 0 Å². The van der Waals surface area contributed by atoms with Crippen LogP contribution in [-0.2, 0) is 28.5 Å². The number of aliphatic hydroxyl groups excluding tert-OH is 4. The van der Waals surface area contributed by atoms with Crippen molar-refractivity contribution < 1.29 is 59.2 Å². The predicted octanol–water partition coefficient (Wildman–Crippen LogP) is -6.00. The number of rotatable bonds is 13. The highest BCUT2D eigenvalue weighted by molar-refractivity contribution is 5.93. The Kier molecular flexibility index (Phi) is 12.2. The summed E-state index contributed by atoms with van der Waals surface area (Å²) in [5.74, 6) is -2.28. The molecule has 0 spiro atoms. The van der Waals surface area contributed by atoms with E-state index in [-0.39, 0.29) is 44.6 Å². The van der Waals surface area contributed by atoms with Gasteiger partial charge >= 0.3 is 5.97 Å². The van der Waals surface area contributed by atoms with E-state index < -0.39 is 96.3 Å². The second-order valence-corrected chi connectivity index (χ2v) is 12.0. The van der Waals surface area contributed by atoms with E-state index in [1.807, 2.05) is 0 Å². The van der Waals surface area contributed by atoms with Crippen molar-refractivity contribution in [2.24, 2.45) is 28.7 Å². The molecule has 0 aromatic rings. The Hall–Kier alpha value is -1.88. The Labute approximate surface area is 254 Å². The van der Waals surface area contributed by atoms with Crippen molar-refractivity contribution in [3.8, 4) is 0 Å². The molecule has 0 aromatic carbocycles. The van der Waals surface area contributed by atoms with E-state index in [0.29, 0.717) is 0 Å². The van der Waals surface area contributed by atoms with Gasteiger partial charge in [-0.05, 0) is 45.9 Å². The van der Waals surface area contributed by atoms with Gasteiger partial charge in [0.25, 0.3) is 0 Å². The van der Waals surface area contributed by atoms with Gasteiger partial charge in [0.2, 0.25) is 6.29 Å². The number of likely N-dealkylation sites (N-methyl/N-ethyl adjacent to an activating group) is 1. The van der Waals surface area contributed by atoms with Crippen LogP contribution in [0.2, 0.25) is 0 Å². The summed E-state index contributed by atoms with van der Waals surface area (Å²) in [5, 5.41) is 65.2. The van der Waals surface area contributed by atoms with Gasteiger partial charge in [-0.15, -0.1) is 0 Å². The lowest BCUT2D eigenvalue weighted by Gasteiger charge is -2.52. The number of carbonyl (C=O) groups excluding carboxylic acids is 1. The summed E-state index contributed by atoms with van der Waals surface area (Å²) >= 11 is 0. The first-order valence-electron chi connectivity index (χ1n) is 14.4. The largest absolute Gasteiger partial charge is 0.479 e. The normalized spacial score (nSPS) is 41.6. The molecule has 254 valence electrons. The number of ether oxygens (including phenoxy) is 4. The molecule has 0 unspecified atom stereocenters. The van der Waals surface area contributed by atoms with E-state index in [2.05, 4.69) is 5.32 Å². The summed E-state index contributed by atoms with van der Waals surface area (Å²) in [6, 6.07) is -3.90. The molecule has 2 aliphatic heterocycles. The molecule has 3 rings (SSSR count). The summed E-state index contributed by atoms with van der Waals surface area (Å²) < 4.78 is 23.4. The van der Waals surface area contributed by atoms with Crippen molar-refractivity contribution >= 4 is 11.8 Å². The van der Waals surface area contributed by atoms with Crippen molar-refractivity contribution in [1.29, 1.82) is 0 Å². The number of aliphatic hydroxyl groups is 5. The second kappa shape index (κ2) is 14.7. The molecule has 14 atom stereocenters. The molecule has 18 heteroatoms. The minimum Gasteiger partial charge on any atom is -0.479 e. The van der Waals surface area contributed by atoms with Crippen LogP contribution in [0.5, 0.6) is 0 Å². The maximum absolute atomic E-state index is 13.5. The molecule has 18 nitrogen and oxygen atoms in total.